The zero-order valence-electron chi connectivity index (χ0n) is 9.69. The fourth-order valence-corrected chi connectivity index (χ4v) is 2.26. The molecule has 0 radical (unpaired) electrons. The highest BCUT2D eigenvalue weighted by Gasteiger charge is 2.29. The van der Waals surface area contributed by atoms with Crippen molar-refractivity contribution in [3.63, 3.8) is 0 Å². The normalized spacial score (nSPS) is 13.2. The van der Waals surface area contributed by atoms with E-state index in [-0.39, 0.29) is 28.4 Å². The summed E-state index contributed by atoms with van der Waals surface area (Å²) >= 11 is 0. The third kappa shape index (κ3) is 1.24. The topological polar surface area (TPSA) is 57.2 Å². The van der Waals surface area contributed by atoms with Gasteiger partial charge < -0.3 is 5.11 Å². The Kier molecular flexibility index (Phi) is 2.10. The Hall–Kier alpha value is -2.42. The average Bonchev–Trinajstić information content (AvgIpc) is 2.39. The molecule has 0 atom stereocenters. The van der Waals surface area contributed by atoms with Crippen molar-refractivity contribution >= 4 is 11.6 Å². The SMILES string of the molecule is Cc1ccc2c(c1[O-])C(=O)c1ccccc1C2=O. The first-order chi connectivity index (χ1) is 8.61. The molecular weight excluding hydrogens is 228 g/mol. The predicted octanol–water partition coefficient (Wildman–Crippen LogP) is 1.84. The van der Waals surface area contributed by atoms with Gasteiger partial charge in [0.05, 0.1) is 0 Å². The van der Waals surface area contributed by atoms with Crippen LogP contribution in [0.2, 0.25) is 0 Å². The first-order valence-electron chi connectivity index (χ1n) is 5.60. The molecule has 0 amide bonds. The van der Waals surface area contributed by atoms with Crippen LogP contribution in [0.4, 0.5) is 0 Å². The Labute approximate surface area is 104 Å². The van der Waals surface area contributed by atoms with Gasteiger partial charge in [-0.15, -0.1) is 0 Å². The summed E-state index contributed by atoms with van der Waals surface area (Å²) < 4.78 is 0. The van der Waals surface area contributed by atoms with E-state index in [1.54, 1.807) is 43.3 Å². The smallest absolute Gasteiger partial charge is 0.194 e. The van der Waals surface area contributed by atoms with Gasteiger partial charge >= 0.3 is 0 Å². The third-order valence-electron chi connectivity index (χ3n) is 3.24. The fourth-order valence-electron chi connectivity index (χ4n) is 2.26. The number of ketones is 2. The van der Waals surface area contributed by atoms with Gasteiger partial charge in [-0.3, -0.25) is 9.59 Å². The Balaban J connectivity index is 2.38. The second-order valence-corrected chi connectivity index (χ2v) is 4.34. The van der Waals surface area contributed by atoms with Crippen molar-refractivity contribution in [2.45, 2.75) is 6.92 Å². The van der Waals surface area contributed by atoms with Gasteiger partial charge in [-0.05, 0) is 6.92 Å². The molecule has 18 heavy (non-hydrogen) atoms. The van der Waals surface area contributed by atoms with Gasteiger partial charge in [-0.1, -0.05) is 47.7 Å². The van der Waals surface area contributed by atoms with E-state index in [1.165, 1.54) is 0 Å². The summed E-state index contributed by atoms with van der Waals surface area (Å²) in [5.74, 6) is -0.952. The van der Waals surface area contributed by atoms with Gasteiger partial charge in [0.2, 0.25) is 0 Å². The summed E-state index contributed by atoms with van der Waals surface area (Å²) in [6.07, 6.45) is 0. The number of rotatable bonds is 0. The highest BCUT2D eigenvalue weighted by molar-refractivity contribution is 6.29. The highest BCUT2D eigenvalue weighted by atomic mass is 16.3. The lowest BCUT2D eigenvalue weighted by Crippen LogP contribution is -2.22. The number of aryl methyl sites for hydroxylation is 1. The molecule has 1 aliphatic rings. The van der Waals surface area contributed by atoms with Crippen LogP contribution in [-0.4, -0.2) is 11.6 Å². The van der Waals surface area contributed by atoms with E-state index in [0.29, 0.717) is 16.7 Å². The Morgan fingerprint density at radius 3 is 2.11 bits per heavy atom. The van der Waals surface area contributed by atoms with Gasteiger partial charge in [0.15, 0.2) is 11.6 Å². The summed E-state index contributed by atoms with van der Waals surface area (Å²) in [7, 11) is 0. The molecule has 3 nitrogen and oxygen atoms in total. The molecule has 2 aromatic carbocycles. The average molecular weight is 237 g/mol. The summed E-state index contributed by atoms with van der Waals surface area (Å²) in [5, 5.41) is 12.0. The van der Waals surface area contributed by atoms with Crippen LogP contribution in [0.15, 0.2) is 36.4 Å². The maximum atomic E-state index is 12.3. The first kappa shape index (κ1) is 10.7. The zero-order valence-corrected chi connectivity index (χ0v) is 9.69. The van der Waals surface area contributed by atoms with E-state index in [9.17, 15) is 14.7 Å². The Bertz CT molecular complexity index is 699. The summed E-state index contributed by atoms with van der Waals surface area (Å²) in [6.45, 7) is 1.64. The van der Waals surface area contributed by atoms with Crippen LogP contribution in [0.25, 0.3) is 0 Å². The van der Waals surface area contributed by atoms with E-state index in [1.807, 2.05) is 0 Å². The monoisotopic (exact) mass is 237 g/mol. The molecule has 0 spiro atoms. The molecule has 0 saturated heterocycles. The van der Waals surface area contributed by atoms with Crippen molar-refractivity contribution in [2.75, 3.05) is 0 Å². The minimum Gasteiger partial charge on any atom is -0.872 e. The zero-order chi connectivity index (χ0) is 12.9. The van der Waals surface area contributed by atoms with Crippen molar-refractivity contribution in [1.82, 2.24) is 0 Å². The molecule has 0 bridgehead atoms. The molecule has 0 unspecified atom stereocenters. The lowest BCUT2D eigenvalue weighted by molar-refractivity contribution is -0.269. The van der Waals surface area contributed by atoms with Crippen LogP contribution < -0.4 is 5.11 Å². The van der Waals surface area contributed by atoms with E-state index in [4.69, 9.17) is 0 Å². The van der Waals surface area contributed by atoms with Crippen molar-refractivity contribution in [1.29, 1.82) is 0 Å². The van der Waals surface area contributed by atoms with E-state index in [0.717, 1.165) is 0 Å². The Morgan fingerprint density at radius 2 is 1.44 bits per heavy atom. The van der Waals surface area contributed by atoms with Gasteiger partial charge in [-0.2, -0.15) is 0 Å². The predicted molar refractivity (Wildman–Crippen MR) is 63.9 cm³/mol. The first-order valence-corrected chi connectivity index (χ1v) is 5.60. The van der Waals surface area contributed by atoms with Gasteiger partial charge in [0.1, 0.15) is 0 Å². The van der Waals surface area contributed by atoms with Gasteiger partial charge in [0, 0.05) is 22.3 Å². The molecule has 0 aromatic heterocycles. The molecule has 88 valence electrons. The number of benzene rings is 2. The third-order valence-corrected chi connectivity index (χ3v) is 3.24. The van der Waals surface area contributed by atoms with Crippen molar-refractivity contribution in [3.05, 3.63) is 64.2 Å². The van der Waals surface area contributed by atoms with Gasteiger partial charge in [0.25, 0.3) is 0 Å². The fraction of sp³-hybridized carbons (Fsp3) is 0.0667. The molecule has 0 N–H and O–H groups in total. The largest absolute Gasteiger partial charge is 0.872 e. The molecule has 0 aliphatic heterocycles. The lowest BCUT2D eigenvalue weighted by atomic mass is 9.83. The molecule has 0 heterocycles. The summed E-state index contributed by atoms with van der Waals surface area (Å²) in [4.78, 5) is 24.5. The lowest BCUT2D eigenvalue weighted by Gasteiger charge is -2.23. The van der Waals surface area contributed by atoms with E-state index in [2.05, 4.69) is 0 Å². The van der Waals surface area contributed by atoms with Gasteiger partial charge in [-0.25, -0.2) is 0 Å². The van der Waals surface area contributed by atoms with Crippen LogP contribution in [0.3, 0.4) is 0 Å². The molecule has 2 aromatic rings. The van der Waals surface area contributed by atoms with Crippen molar-refractivity contribution < 1.29 is 14.7 Å². The van der Waals surface area contributed by atoms with Crippen LogP contribution in [0, 0.1) is 6.92 Å². The van der Waals surface area contributed by atoms with Crippen LogP contribution in [0.1, 0.15) is 37.4 Å². The quantitative estimate of drug-likeness (QED) is 0.599. The number of hydrogen-bond acceptors (Lipinski definition) is 3. The van der Waals surface area contributed by atoms with Crippen LogP contribution in [-0.2, 0) is 0 Å². The molecule has 1 aliphatic carbocycles. The molecule has 0 saturated carbocycles. The maximum Gasteiger partial charge on any atom is 0.194 e. The molecule has 3 rings (SSSR count). The Morgan fingerprint density at radius 1 is 0.833 bits per heavy atom. The maximum absolute atomic E-state index is 12.3. The number of fused-ring (bicyclic) bond motifs is 2. The summed E-state index contributed by atoms with van der Waals surface area (Å²) in [6, 6.07) is 9.74. The molecular formula is C15H9O3-. The van der Waals surface area contributed by atoms with E-state index < -0.39 is 0 Å². The molecule has 0 fully saturated rings. The number of hydrogen-bond donors (Lipinski definition) is 0. The van der Waals surface area contributed by atoms with Crippen molar-refractivity contribution in [2.24, 2.45) is 0 Å². The minimum atomic E-state index is -0.353. The van der Waals surface area contributed by atoms with Crippen molar-refractivity contribution in [3.8, 4) is 5.75 Å². The van der Waals surface area contributed by atoms with Crippen LogP contribution in [0.5, 0.6) is 5.75 Å². The van der Waals surface area contributed by atoms with E-state index >= 15 is 0 Å². The minimum absolute atomic E-state index is 0.0127. The number of carbonyl (C=O) groups excluding carboxylic acids is 2. The summed E-state index contributed by atoms with van der Waals surface area (Å²) in [5.41, 5.74) is 1.40. The standard InChI is InChI=1S/C15H10O3/c1-8-6-7-11-12(13(8)16)15(18)10-5-3-2-4-9(10)14(11)17/h2-7,16H,1H3/p-1. The highest BCUT2D eigenvalue weighted by Crippen LogP contribution is 2.32. The van der Waals surface area contributed by atoms with Crippen LogP contribution >= 0.6 is 0 Å². The second kappa shape index (κ2) is 3.53. The second-order valence-electron chi connectivity index (χ2n) is 4.34. The number of carbonyl (C=O) groups is 2. The molecule has 3 heteroatoms.